The van der Waals surface area contributed by atoms with E-state index in [-0.39, 0.29) is 44.0 Å². The van der Waals surface area contributed by atoms with Gasteiger partial charge in [-0.05, 0) is 148 Å². The molecule has 0 radical (unpaired) electrons. The van der Waals surface area contributed by atoms with Crippen molar-refractivity contribution in [1.29, 1.82) is 0 Å². The van der Waals surface area contributed by atoms with Gasteiger partial charge in [-0.3, -0.25) is 14.4 Å². The molecule has 6 nitrogen and oxygen atoms in total. The largest absolute Gasteiger partial charge is 0.462 e. The summed E-state index contributed by atoms with van der Waals surface area (Å²) in [6.07, 6.45) is 93.5. The Labute approximate surface area is 472 Å². The molecule has 0 bridgehead atoms. The van der Waals surface area contributed by atoms with Crippen molar-refractivity contribution < 1.29 is 28.6 Å². The van der Waals surface area contributed by atoms with Gasteiger partial charge in [-0.15, -0.1) is 0 Å². The molecule has 0 spiro atoms. The van der Waals surface area contributed by atoms with Crippen LogP contribution < -0.4 is 0 Å². The first kappa shape index (κ1) is 71.8. The van der Waals surface area contributed by atoms with Gasteiger partial charge < -0.3 is 14.2 Å². The van der Waals surface area contributed by atoms with Gasteiger partial charge >= 0.3 is 17.9 Å². The second kappa shape index (κ2) is 63.3. The van der Waals surface area contributed by atoms with E-state index in [0.29, 0.717) is 12.8 Å². The molecular formula is C71H110O6. The van der Waals surface area contributed by atoms with Crippen LogP contribution >= 0.6 is 0 Å². The molecule has 1 unspecified atom stereocenters. The fourth-order valence-corrected chi connectivity index (χ4v) is 7.66. The minimum atomic E-state index is -0.826. The topological polar surface area (TPSA) is 78.9 Å². The molecule has 0 aliphatic carbocycles. The maximum Gasteiger partial charge on any atom is 0.306 e. The van der Waals surface area contributed by atoms with Crippen molar-refractivity contribution in [3.8, 4) is 0 Å². The summed E-state index contributed by atoms with van der Waals surface area (Å²) < 4.78 is 16.8. The summed E-state index contributed by atoms with van der Waals surface area (Å²) in [7, 11) is 0. The normalized spacial score (nSPS) is 13.3. The van der Waals surface area contributed by atoms with Crippen LogP contribution in [0.15, 0.2) is 170 Å². The average Bonchev–Trinajstić information content (AvgIpc) is 3.43. The van der Waals surface area contributed by atoms with Crippen LogP contribution in [-0.2, 0) is 28.6 Å². The number of unbranched alkanes of at least 4 members (excludes halogenated alkanes) is 14. The molecular weight excluding hydrogens is 949 g/mol. The van der Waals surface area contributed by atoms with E-state index in [1.165, 1.54) is 25.7 Å². The summed E-state index contributed by atoms with van der Waals surface area (Å²) in [6, 6.07) is 0. The van der Waals surface area contributed by atoms with Crippen molar-refractivity contribution >= 4 is 17.9 Å². The van der Waals surface area contributed by atoms with Crippen molar-refractivity contribution in [1.82, 2.24) is 0 Å². The van der Waals surface area contributed by atoms with Crippen LogP contribution in [0.25, 0.3) is 0 Å². The molecule has 6 heteroatoms. The number of esters is 3. The lowest BCUT2D eigenvalue weighted by Crippen LogP contribution is -2.30. The summed E-state index contributed by atoms with van der Waals surface area (Å²) in [5.74, 6) is -1.02. The van der Waals surface area contributed by atoms with Crippen molar-refractivity contribution in [3.05, 3.63) is 170 Å². The third-order valence-corrected chi connectivity index (χ3v) is 12.2. The summed E-state index contributed by atoms with van der Waals surface area (Å²) in [6.45, 7) is 6.30. The van der Waals surface area contributed by atoms with Gasteiger partial charge in [0, 0.05) is 19.3 Å². The highest BCUT2D eigenvalue weighted by atomic mass is 16.6. The third-order valence-electron chi connectivity index (χ3n) is 12.2. The SMILES string of the molecule is CC/C=C\C/C=C\C/C=C\C/C=C\C/C=C\C/C=C\C/C=C\C/C=C\C/C=C\CCCC(=O)OCC(COC(=O)CCCCCCC/C=C\C/C=C\CCCCC)OC(=O)CCCCCCC/C=C\C/C=C\C/C=C\CC. The van der Waals surface area contributed by atoms with Crippen molar-refractivity contribution in [2.45, 2.75) is 245 Å². The maximum absolute atomic E-state index is 12.9. The smallest absolute Gasteiger partial charge is 0.306 e. The number of ether oxygens (including phenoxy) is 3. The fourth-order valence-electron chi connectivity index (χ4n) is 7.66. The summed E-state index contributed by atoms with van der Waals surface area (Å²) in [5, 5.41) is 0. The average molecular weight is 1060 g/mol. The molecule has 430 valence electrons. The number of carbonyl (C=O) groups excluding carboxylic acids is 3. The van der Waals surface area contributed by atoms with Crippen LogP contribution in [0.3, 0.4) is 0 Å². The number of hydrogen-bond acceptors (Lipinski definition) is 6. The van der Waals surface area contributed by atoms with E-state index >= 15 is 0 Å². The van der Waals surface area contributed by atoms with Gasteiger partial charge in [0.05, 0.1) is 0 Å². The highest BCUT2D eigenvalue weighted by molar-refractivity contribution is 5.71. The van der Waals surface area contributed by atoms with Gasteiger partial charge in [-0.2, -0.15) is 0 Å². The van der Waals surface area contributed by atoms with E-state index in [1.54, 1.807) is 0 Å². The molecule has 0 aromatic carbocycles. The van der Waals surface area contributed by atoms with Gasteiger partial charge in [-0.1, -0.05) is 242 Å². The molecule has 0 amide bonds. The first-order chi connectivity index (χ1) is 38.0. The molecule has 0 aliphatic heterocycles. The molecule has 0 rings (SSSR count). The predicted molar refractivity (Wildman–Crippen MR) is 334 cm³/mol. The molecule has 0 heterocycles. The van der Waals surface area contributed by atoms with Gasteiger partial charge in [0.15, 0.2) is 6.10 Å². The van der Waals surface area contributed by atoms with E-state index in [2.05, 4.69) is 191 Å². The summed E-state index contributed by atoms with van der Waals surface area (Å²) >= 11 is 0. The molecule has 1 atom stereocenters. The zero-order valence-electron chi connectivity index (χ0n) is 49.1. The molecule has 0 fully saturated rings. The zero-order chi connectivity index (χ0) is 55.7. The Kier molecular flexibility index (Phi) is 59.0. The molecule has 77 heavy (non-hydrogen) atoms. The lowest BCUT2D eigenvalue weighted by atomic mass is 10.1. The predicted octanol–water partition coefficient (Wildman–Crippen LogP) is 21.1. The number of allylic oxidation sites excluding steroid dienone is 28. The summed E-state index contributed by atoms with van der Waals surface area (Å²) in [4.78, 5) is 38.2. The van der Waals surface area contributed by atoms with E-state index in [1.807, 2.05) is 0 Å². The van der Waals surface area contributed by atoms with Crippen LogP contribution in [0, 0.1) is 0 Å². The lowest BCUT2D eigenvalue weighted by molar-refractivity contribution is -0.167. The van der Waals surface area contributed by atoms with Crippen molar-refractivity contribution in [2.75, 3.05) is 13.2 Å². The van der Waals surface area contributed by atoms with E-state index in [9.17, 15) is 14.4 Å². The first-order valence-electron chi connectivity index (χ1n) is 30.6. The Morgan fingerprint density at radius 1 is 0.273 bits per heavy atom. The standard InChI is InChI=1S/C71H110O6/c1-4-7-10-13-16-19-22-25-28-29-30-31-32-33-34-35-36-37-38-39-40-41-44-46-49-52-55-58-61-64-70(73)76-67-68(77-71(74)65-62-59-56-53-50-47-43-27-24-21-18-15-12-9-6-3)66-75-69(72)63-60-57-54-51-48-45-42-26-23-20-17-14-11-8-5-2/h7,9-10,12,16-21,25-28,30-31,33-34,36-37,39-40,42-44,46,52,55,68H,4-6,8,11,13-15,22-24,29,32,35,38,41,45,47-51,53-54,56-67H2,1-3H3/b10-7-,12-9-,19-16-,20-17-,21-18-,28-25-,31-30-,34-33-,37-36-,40-39-,42-26-,43-27-,46-44-,55-52-. The molecule has 0 aromatic heterocycles. The van der Waals surface area contributed by atoms with Gasteiger partial charge in [0.2, 0.25) is 0 Å². The molecule has 0 aromatic rings. The van der Waals surface area contributed by atoms with Gasteiger partial charge in [-0.25, -0.2) is 0 Å². The van der Waals surface area contributed by atoms with Crippen LogP contribution in [0.1, 0.15) is 239 Å². The molecule has 0 N–H and O–H groups in total. The van der Waals surface area contributed by atoms with Crippen LogP contribution in [0.5, 0.6) is 0 Å². The Morgan fingerprint density at radius 2 is 0.519 bits per heavy atom. The Balaban J connectivity index is 4.50. The van der Waals surface area contributed by atoms with E-state index in [0.717, 1.165) is 167 Å². The number of rotatable bonds is 53. The number of carbonyl (C=O) groups is 3. The molecule has 0 aliphatic rings. The minimum absolute atomic E-state index is 0.118. The highest BCUT2D eigenvalue weighted by Crippen LogP contribution is 2.13. The third kappa shape index (κ3) is 61.5. The quantitative estimate of drug-likeness (QED) is 0.0261. The van der Waals surface area contributed by atoms with E-state index < -0.39 is 6.10 Å². The monoisotopic (exact) mass is 1060 g/mol. The van der Waals surface area contributed by atoms with Gasteiger partial charge in [0.25, 0.3) is 0 Å². The molecule has 0 saturated carbocycles. The summed E-state index contributed by atoms with van der Waals surface area (Å²) in [5.41, 5.74) is 0. The second-order valence-corrected chi connectivity index (χ2v) is 19.5. The Morgan fingerprint density at radius 3 is 0.844 bits per heavy atom. The van der Waals surface area contributed by atoms with Crippen LogP contribution in [-0.4, -0.2) is 37.2 Å². The lowest BCUT2D eigenvalue weighted by Gasteiger charge is -2.18. The number of hydrogen-bond donors (Lipinski definition) is 0. The highest BCUT2D eigenvalue weighted by Gasteiger charge is 2.19. The minimum Gasteiger partial charge on any atom is -0.462 e. The van der Waals surface area contributed by atoms with Crippen LogP contribution in [0.4, 0.5) is 0 Å². The second-order valence-electron chi connectivity index (χ2n) is 19.5. The fraction of sp³-hybridized carbons (Fsp3) is 0.563. The van der Waals surface area contributed by atoms with Gasteiger partial charge in [0.1, 0.15) is 13.2 Å². The maximum atomic E-state index is 12.9. The van der Waals surface area contributed by atoms with Crippen LogP contribution in [0.2, 0.25) is 0 Å². The van der Waals surface area contributed by atoms with Crippen molar-refractivity contribution in [3.63, 3.8) is 0 Å². The molecule has 0 saturated heterocycles. The van der Waals surface area contributed by atoms with E-state index in [4.69, 9.17) is 14.2 Å². The Bertz CT molecular complexity index is 1790. The Hall–Kier alpha value is -5.23. The first-order valence-corrected chi connectivity index (χ1v) is 30.6. The van der Waals surface area contributed by atoms with Crippen molar-refractivity contribution in [2.24, 2.45) is 0 Å². The zero-order valence-corrected chi connectivity index (χ0v) is 49.1.